The number of rotatable bonds is 4. The second-order valence-electron chi connectivity index (χ2n) is 8.86. The molecule has 4 bridgehead atoms. The number of benzene rings is 2. The van der Waals surface area contributed by atoms with Gasteiger partial charge in [0.1, 0.15) is 11.4 Å². The van der Waals surface area contributed by atoms with Crippen molar-refractivity contribution in [3.05, 3.63) is 71.8 Å². The maximum atomic E-state index is 13.2. The van der Waals surface area contributed by atoms with Gasteiger partial charge < -0.3 is 9.84 Å². The minimum Gasteiger partial charge on any atom is -0.508 e. The molecule has 4 fully saturated rings. The van der Waals surface area contributed by atoms with Crippen LogP contribution in [-0.4, -0.2) is 11.1 Å². The molecular weight excluding hydrogens is 348 g/mol. The summed E-state index contributed by atoms with van der Waals surface area (Å²) in [6, 6.07) is 14.8. The lowest BCUT2D eigenvalue weighted by Crippen LogP contribution is -2.57. The standard InChI is InChI=1S/C25H26O3/c1-2-16-6-8-19(9-7-16)24(27)28-25(20-4-3-5-23(26)15-20)21-11-17-10-18(13-21)14-22(25)12-17/h2-9,15,17-18,21-22,26H,1,10-14H2. The molecule has 0 aliphatic heterocycles. The van der Waals surface area contributed by atoms with Gasteiger partial charge in [0, 0.05) is 11.8 Å². The van der Waals surface area contributed by atoms with Gasteiger partial charge in [-0.3, -0.25) is 0 Å². The molecule has 2 aromatic carbocycles. The van der Waals surface area contributed by atoms with Crippen LogP contribution in [0.25, 0.3) is 6.08 Å². The number of phenolic OH excluding ortho intramolecular Hbond substituents is 1. The molecule has 0 saturated heterocycles. The number of aromatic hydroxyl groups is 1. The first-order chi connectivity index (χ1) is 13.6. The molecule has 0 radical (unpaired) electrons. The second-order valence-corrected chi connectivity index (χ2v) is 8.86. The zero-order valence-electron chi connectivity index (χ0n) is 16.0. The Morgan fingerprint density at radius 1 is 1.00 bits per heavy atom. The molecule has 4 aliphatic carbocycles. The van der Waals surface area contributed by atoms with E-state index >= 15 is 0 Å². The van der Waals surface area contributed by atoms with Crippen LogP contribution in [-0.2, 0) is 10.3 Å². The molecule has 3 heteroatoms. The Bertz CT molecular complexity index is 884. The van der Waals surface area contributed by atoms with Crippen LogP contribution in [0.15, 0.2) is 55.1 Å². The van der Waals surface area contributed by atoms with Gasteiger partial charge in [0.05, 0.1) is 5.56 Å². The van der Waals surface area contributed by atoms with Crippen molar-refractivity contribution < 1.29 is 14.6 Å². The molecule has 0 aromatic heterocycles. The van der Waals surface area contributed by atoms with Crippen LogP contribution in [0.4, 0.5) is 0 Å². The molecule has 0 amide bonds. The summed E-state index contributed by atoms with van der Waals surface area (Å²) >= 11 is 0. The molecule has 4 aliphatic rings. The van der Waals surface area contributed by atoms with Gasteiger partial charge in [0.2, 0.25) is 0 Å². The van der Waals surface area contributed by atoms with Crippen molar-refractivity contribution in [2.45, 2.75) is 37.7 Å². The molecule has 28 heavy (non-hydrogen) atoms. The SMILES string of the molecule is C=Cc1ccc(C(=O)OC2(c3cccc(O)c3)C3CC4CC(C3)CC2C4)cc1. The van der Waals surface area contributed by atoms with Crippen molar-refractivity contribution in [1.82, 2.24) is 0 Å². The Kier molecular flexibility index (Phi) is 4.08. The summed E-state index contributed by atoms with van der Waals surface area (Å²) in [6.07, 6.45) is 7.56. The minimum atomic E-state index is -0.625. The molecule has 144 valence electrons. The lowest BCUT2D eigenvalue weighted by atomic mass is 9.48. The highest BCUT2D eigenvalue weighted by Gasteiger charge is 2.60. The number of carbonyl (C=O) groups is 1. The van der Waals surface area contributed by atoms with Gasteiger partial charge in [0.25, 0.3) is 0 Å². The van der Waals surface area contributed by atoms with Gasteiger partial charge in [-0.05, 0) is 79.3 Å². The van der Waals surface area contributed by atoms with E-state index in [4.69, 9.17) is 4.74 Å². The van der Waals surface area contributed by atoms with Crippen LogP contribution in [0.2, 0.25) is 0 Å². The monoisotopic (exact) mass is 374 g/mol. The van der Waals surface area contributed by atoms with Gasteiger partial charge >= 0.3 is 5.97 Å². The molecule has 2 aromatic rings. The van der Waals surface area contributed by atoms with Crippen molar-refractivity contribution in [2.24, 2.45) is 23.7 Å². The molecule has 0 heterocycles. The number of ether oxygens (including phenoxy) is 1. The van der Waals surface area contributed by atoms with Crippen LogP contribution in [0.5, 0.6) is 5.75 Å². The van der Waals surface area contributed by atoms with Crippen LogP contribution >= 0.6 is 0 Å². The number of hydrogen-bond donors (Lipinski definition) is 1. The first-order valence-corrected chi connectivity index (χ1v) is 10.3. The highest BCUT2D eigenvalue weighted by molar-refractivity contribution is 5.90. The van der Waals surface area contributed by atoms with Crippen LogP contribution < -0.4 is 0 Å². The van der Waals surface area contributed by atoms with Crippen LogP contribution in [0.1, 0.15) is 53.6 Å². The van der Waals surface area contributed by atoms with Crippen LogP contribution in [0.3, 0.4) is 0 Å². The lowest BCUT2D eigenvalue weighted by Gasteiger charge is -2.60. The molecule has 1 N–H and O–H groups in total. The summed E-state index contributed by atoms with van der Waals surface area (Å²) < 4.78 is 6.44. The van der Waals surface area contributed by atoms with Gasteiger partial charge in [-0.2, -0.15) is 0 Å². The summed E-state index contributed by atoms with van der Waals surface area (Å²) in [5.41, 5.74) is 1.88. The fraction of sp³-hybridized carbons (Fsp3) is 0.400. The Morgan fingerprint density at radius 3 is 2.21 bits per heavy atom. The third-order valence-electron chi connectivity index (χ3n) is 7.29. The predicted octanol–water partition coefficient (Wildman–Crippen LogP) is 5.54. The van der Waals surface area contributed by atoms with E-state index in [0.29, 0.717) is 17.4 Å². The average molecular weight is 374 g/mol. The molecule has 0 unspecified atom stereocenters. The predicted molar refractivity (Wildman–Crippen MR) is 109 cm³/mol. The van der Waals surface area contributed by atoms with E-state index < -0.39 is 5.60 Å². The van der Waals surface area contributed by atoms with Crippen molar-refractivity contribution in [3.8, 4) is 5.75 Å². The molecule has 4 saturated carbocycles. The highest BCUT2D eigenvalue weighted by atomic mass is 16.6. The number of phenols is 1. The maximum Gasteiger partial charge on any atom is 0.339 e. The quantitative estimate of drug-likeness (QED) is 0.714. The van der Waals surface area contributed by atoms with E-state index in [9.17, 15) is 9.90 Å². The Labute approximate surface area is 166 Å². The third kappa shape index (κ3) is 2.68. The van der Waals surface area contributed by atoms with Crippen molar-refractivity contribution >= 4 is 12.0 Å². The smallest absolute Gasteiger partial charge is 0.339 e. The van der Waals surface area contributed by atoms with Gasteiger partial charge in [-0.25, -0.2) is 4.79 Å². The van der Waals surface area contributed by atoms with E-state index in [1.54, 1.807) is 18.2 Å². The minimum absolute atomic E-state index is 0.233. The fourth-order valence-corrected chi connectivity index (χ4v) is 6.30. The Hall–Kier alpha value is -2.55. The second kappa shape index (κ2) is 6.51. The summed E-state index contributed by atoms with van der Waals surface area (Å²) in [5, 5.41) is 10.1. The molecular formula is C25H26O3. The van der Waals surface area contributed by atoms with E-state index in [-0.39, 0.29) is 11.7 Å². The normalized spacial score (nSPS) is 32.9. The molecule has 3 nitrogen and oxygen atoms in total. The summed E-state index contributed by atoms with van der Waals surface area (Å²) in [6.45, 7) is 3.77. The molecule has 0 atom stereocenters. The Balaban J connectivity index is 1.55. The third-order valence-corrected chi connectivity index (χ3v) is 7.29. The summed E-state index contributed by atoms with van der Waals surface area (Å²) in [4.78, 5) is 13.2. The van der Waals surface area contributed by atoms with Gasteiger partial charge in [0.15, 0.2) is 0 Å². The van der Waals surface area contributed by atoms with E-state index in [2.05, 4.69) is 6.58 Å². The maximum absolute atomic E-state index is 13.2. The first kappa shape index (κ1) is 17.5. The molecule has 0 spiro atoms. The molecule has 6 rings (SSSR count). The average Bonchev–Trinajstić information content (AvgIpc) is 2.70. The van der Waals surface area contributed by atoms with E-state index in [1.807, 2.05) is 36.4 Å². The summed E-state index contributed by atoms with van der Waals surface area (Å²) in [7, 11) is 0. The number of carbonyl (C=O) groups excluding carboxylic acids is 1. The topological polar surface area (TPSA) is 46.5 Å². The highest BCUT2D eigenvalue weighted by Crippen LogP contribution is 2.63. The van der Waals surface area contributed by atoms with Crippen molar-refractivity contribution in [3.63, 3.8) is 0 Å². The van der Waals surface area contributed by atoms with Gasteiger partial charge in [-0.15, -0.1) is 0 Å². The first-order valence-electron chi connectivity index (χ1n) is 10.3. The number of hydrogen-bond acceptors (Lipinski definition) is 3. The largest absolute Gasteiger partial charge is 0.508 e. The van der Waals surface area contributed by atoms with Crippen LogP contribution in [0, 0.1) is 23.7 Å². The Morgan fingerprint density at radius 2 is 1.64 bits per heavy atom. The van der Waals surface area contributed by atoms with Gasteiger partial charge in [-0.1, -0.05) is 36.9 Å². The van der Waals surface area contributed by atoms with E-state index in [1.165, 1.54) is 6.42 Å². The van der Waals surface area contributed by atoms with E-state index in [0.717, 1.165) is 48.6 Å². The summed E-state index contributed by atoms with van der Waals surface area (Å²) in [5.74, 6) is 2.16. The zero-order chi connectivity index (χ0) is 19.3. The number of esters is 1. The van der Waals surface area contributed by atoms with Crippen molar-refractivity contribution in [2.75, 3.05) is 0 Å². The fourth-order valence-electron chi connectivity index (χ4n) is 6.30. The zero-order valence-corrected chi connectivity index (χ0v) is 16.0. The lowest BCUT2D eigenvalue weighted by molar-refractivity contribution is -0.182. The van der Waals surface area contributed by atoms with Crippen molar-refractivity contribution in [1.29, 1.82) is 0 Å².